The largest absolute Gasteiger partial charge is 0.389 e. The van der Waals surface area contributed by atoms with E-state index in [9.17, 15) is 8.42 Å². The molecule has 0 aliphatic heterocycles. The Kier molecular flexibility index (Phi) is 5.24. The zero-order valence-corrected chi connectivity index (χ0v) is 14.2. The van der Waals surface area contributed by atoms with E-state index in [1.807, 2.05) is 0 Å². The van der Waals surface area contributed by atoms with Gasteiger partial charge in [-0.2, -0.15) is 0 Å². The summed E-state index contributed by atoms with van der Waals surface area (Å²) in [4.78, 5) is 0.254. The smallest absolute Gasteiger partial charge is 0.242 e. The maximum Gasteiger partial charge on any atom is 0.242 e. The first kappa shape index (κ1) is 16.7. The van der Waals surface area contributed by atoms with Gasteiger partial charge in [0.05, 0.1) is 5.02 Å². The number of nitrogens with two attached hydrogens (primary N) is 1. The Balaban J connectivity index is 2.10. The van der Waals surface area contributed by atoms with Gasteiger partial charge in [0.25, 0.3) is 0 Å². The van der Waals surface area contributed by atoms with E-state index in [0.717, 1.165) is 19.3 Å². The molecule has 1 aromatic rings. The summed E-state index contributed by atoms with van der Waals surface area (Å²) in [5, 5.41) is 0.132. The third kappa shape index (κ3) is 4.16. The number of rotatable bonds is 5. The zero-order chi connectivity index (χ0) is 15.6. The van der Waals surface area contributed by atoms with E-state index in [2.05, 4.69) is 11.6 Å². The molecule has 0 heterocycles. The van der Waals surface area contributed by atoms with Gasteiger partial charge in [0.1, 0.15) is 9.88 Å². The third-order valence-electron chi connectivity index (χ3n) is 3.87. The van der Waals surface area contributed by atoms with Gasteiger partial charge in [0, 0.05) is 12.1 Å². The summed E-state index contributed by atoms with van der Waals surface area (Å²) in [7, 11) is -3.60. The van der Waals surface area contributed by atoms with Crippen LogP contribution in [-0.4, -0.2) is 20.0 Å². The van der Waals surface area contributed by atoms with Crippen molar-refractivity contribution in [2.45, 2.75) is 31.1 Å². The lowest BCUT2D eigenvalue weighted by atomic mass is 10.1. The van der Waals surface area contributed by atoms with Crippen molar-refractivity contribution in [1.82, 2.24) is 4.72 Å². The molecule has 2 unspecified atom stereocenters. The molecule has 2 rings (SSSR count). The molecule has 1 aromatic carbocycles. The predicted molar refractivity (Wildman–Crippen MR) is 89.0 cm³/mol. The minimum absolute atomic E-state index is 0.0650. The zero-order valence-electron chi connectivity index (χ0n) is 11.8. The molecule has 0 aromatic heterocycles. The average molecular weight is 347 g/mol. The molecule has 2 atom stereocenters. The van der Waals surface area contributed by atoms with Crippen LogP contribution in [-0.2, 0) is 10.0 Å². The fourth-order valence-electron chi connectivity index (χ4n) is 2.69. The lowest BCUT2D eigenvalue weighted by Crippen LogP contribution is -2.29. The highest BCUT2D eigenvalue weighted by Gasteiger charge is 2.24. The van der Waals surface area contributed by atoms with Crippen LogP contribution in [0.25, 0.3) is 0 Å². The Labute approximate surface area is 136 Å². The molecule has 21 heavy (non-hydrogen) atoms. The fraction of sp³-hybridized carbons (Fsp3) is 0.500. The standard InChI is InChI=1S/C14H19ClN2O2S2/c1-9-2-3-10(6-9)8-17-21(18,19)13-5-4-11(14(16)20)7-12(13)15/h4-5,7,9-10,17H,2-3,6,8H2,1H3,(H2,16,20). The summed E-state index contributed by atoms with van der Waals surface area (Å²) in [6, 6.07) is 4.49. The highest BCUT2D eigenvalue weighted by Crippen LogP contribution is 2.30. The van der Waals surface area contributed by atoms with Gasteiger partial charge in [-0.15, -0.1) is 0 Å². The van der Waals surface area contributed by atoms with Crippen LogP contribution in [0.1, 0.15) is 31.7 Å². The number of hydrogen-bond acceptors (Lipinski definition) is 3. The van der Waals surface area contributed by atoms with Gasteiger partial charge in [-0.25, -0.2) is 13.1 Å². The minimum atomic E-state index is -3.60. The van der Waals surface area contributed by atoms with Crippen molar-refractivity contribution in [3.63, 3.8) is 0 Å². The summed E-state index contributed by atoms with van der Waals surface area (Å²) < 4.78 is 27.3. The Hall–Kier alpha value is -0.690. The first-order valence-corrected chi connectivity index (χ1v) is 9.15. The molecule has 0 radical (unpaired) electrons. The number of nitrogens with one attached hydrogen (secondary N) is 1. The van der Waals surface area contributed by atoms with Gasteiger partial charge in [-0.1, -0.05) is 43.2 Å². The second-order valence-corrected chi connectivity index (χ2v) is 8.23. The molecule has 3 N–H and O–H groups in total. The number of benzene rings is 1. The fourth-order valence-corrected chi connectivity index (χ4v) is 4.47. The van der Waals surface area contributed by atoms with E-state index in [-0.39, 0.29) is 14.9 Å². The van der Waals surface area contributed by atoms with E-state index < -0.39 is 10.0 Å². The molecule has 1 fully saturated rings. The summed E-state index contributed by atoms with van der Waals surface area (Å²) >= 11 is 10.9. The van der Waals surface area contributed by atoms with Gasteiger partial charge in [0.15, 0.2) is 0 Å². The van der Waals surface area contributed by atoms with E-state index in [4.69, 9.17) is 29.6 Å². The molecule has 1 aliphatic rings. The van der Waals surface area contributed by atoms with E-state index in [1.165, 1.54) is 12.1 Å². The van der Waals surface area contributed by atoms with Crippen LogP contribution < -0.4 is 10.5 Å². The molecular formula is C14H19ClN2O2S2. The summed E-state index contributed by atoms with van der Waals surface area (Å²) in [5.74, 6) is 1.08. The van der Waals surface area contributed by atoms with Crippen molar-refractivity contribution in [2.24, 2.45) is 17.6 Å². The highest BCUT2D eigenvalue weighted by atomic mass is 35.5. The van der Waals surface area contributed by atoms with Gasteiger partial charge >= 0.3 is 0 Å². The van der Waals surface area contributed by atoms with Crippen molar-refractivity contribution >= 4 is 38.8 Å². The lowest BCUT2D eigenvalue weighted by Gasteiger charge is -2.13. The Morgan fingerprint density at radius 1 is 1.48 bits per heavy atom. The van der Waals surface area contributed by atoms with Crippen molar-refractivity contribution in [1.29, 1.82) is 0 Å². The monoisotopic (exact) mass is 346 g/mol. The number of thiocarbonyl (C=S) groups is 1. The minimum Gasteiger partial charge on any atom is -0.389 e. The van der Waals surface area contributed by atoms with E-state index in [0.29, 0.717) is 23.9 Å². The normalized spacial score (nSPS) is 22.4. The van der Waals surface area contributed by atoms with E-state index >= 15 is 0 Å². The highest BCUT2D eigenvalue weighted by molar-refractivity contribution is 7.89. The van der Waals surface area contributed by atoms with Crippen molar-refractivity contribution in [2.75, 3.05) is 6.54 Å². The Bertz CT molecular complexity index is 646. The Morgan fingerprint density at radius 3 is 2.71 bits per heavy atom. The van der Waals surface area contributed by atoms with Crippen LogP contribution in [0.15, 0.2) is 23.1 Å². The van der Waals surface area contributed by atoms with Gasteiger partial charge in [-0.05, 0) is 36.8 Å². The molecule has 0 amide bonds. The Morgan fingerprint density at radius 2 is 2.19 bits per heavy atom. The second-order valence-electron chi connectivity index (χ2n) is 5.65. The van der Waals surface area contributed by atoms with Crippen LogP contribution in [0, 0.1) is 11.8 Å². The third-order valence-corrected chi connectivity index (χ3v) is 6.01. The van der Waals surface area contributed by atoms with Crippen molar-refractivity contribution < 1.29 is 8.42 Å². The second kappa shape index (κ2) is 6.60. The maximum atomic E-state index is 12.3. The van der Waals surface area contributed by atoms with E-state index in [1.54, 1.807) is 6.07 Å². The van der Waals surface area contributed by atoms with Crippen LogP contribution in [0.5, 0.6) is 0 Å². The first-order valence-electron chi connectivity index (χ1n) is 6.88. The molecule has 7 heteroatoms. The van der Waals surface area contributed by atoms with Gasteiger partial charge < -0.3 is 5.73 Å². The molecule has 1 saturated carbocycles. The molecule has 0 saturated heterocycles. The summed E-state index contributed by atoms with van der Waals surface area (Å²) in [6.45, 7) is 2.65. The number of halogens is 1. The van der Waals surface area contributed by atoms with Gasteiger partial charge in [-0.3, -0.25) is 0 Å². The average Bonchev–Trinajstić information content (AvgIpc) is 2.82. The predicted octanol–water partition coefficient (Wildman–Crippen LogP) is 2.69. The SMILES string of the molecule is CC1CCC(CNS(=O)(=O)c2ccc(C(N)=S)cc2Cl)C1. The first-order chi connectivity index (χ1) is 9.79. The van der Waals surface area contributed by atoms with Crippen molar-refractivity contribution in [3.8, 4) is 0 Å². The van der Waals surface area contributed by atoms with Gasteiger partial charge in [0.2, 0.25) is 10.0 Å². The van der Waals surface area contributed by atoms with Crippen LogP contribution in [0.4, 0.5) is 0 Å². The lowest BCUT2D eigenvalue weighted by molar-refractivity contribution is 0.498. The number of hydrogen-bond donors (Lipinski definition) is 2. The summed E-state index contributed by atoms with van der Waals surface area (Å²) in [5.41, 5.74) is 6.06. The molecule has 0 bridgehead atoms. The molecule has 1 aliphatic carbocycles. The topological polar surface area (TPSA) is 72.2 Å². The molecule has 4 nitrogen and oxygen atoms in total. The summed E-state index contributed by atoms with van der Waals surface area (Å²) in [6.07, 6.45) is 3.30. The molecule has 0 spiro atoms. The van der Waals surface area contributed by atoms with Crippen molar-refractivity contribution in [3.05, 3.63) is 28.8 Å². The maximum absolute atomic E-state index is 12.3. The van der Waals surface area contributed by atoms with Crippen LogP contribution in [0.2, 0.25) is 5.02 Å². The molecular weight excluding hydrogens is 328 g/mol. The number of sulfonamides is 1. The molecule has 116 valence electrons. The van der Waals surface area contributed by atoms with Crippen LogP contribution >= 0.6 is 23.8 Å². The van der Waals surface area contributed by atoms with Crippen LogP contribution in [0.3, 0.4) is 0 Å². The quantitative estimate of drug-likeness (QED) is 0.804.